The number of hydrazine groups is 1. The van der Waals surface area contributed by atoms with Gasteiger partial charge < -0.3 is 4.74 Å². The number of ether oxygens (including phenoxy) is 1. The molecule has 0 spiro atoms. The molecule has 1 aliphatic rings. The Labute approximate surface area is 75.6 Å². The molecule has 0 saturated carbocycles. The molecular formula is C6H13IN2O. The normalized spacial score (nSPS) is 27.6. The highest BCUT2D eigenvalue weighted by molar-refractivity contribution is 14.1. The predicted octanol–water partition coefficient (Wildman–Crippen LogP) is 0.952. The van der Waals surface area contributed by atoms with Gasteiger partial charge in [0.2, 0.25) is 0 Å². The molecule has 0 unspecified atom stereocenters. The highest BCUT2D eigenvalue weighted by atomic mass is 127. The van der Waals surface area contributed by atoms with E-state index in [9.17, 15) is 0 Å². The molecule has 1 saturated heterocycles. The minimum absolute atomic E-state index is 0.585. The van der Waals surface area contributed by atoms with Gasteiger partial charge in [-0.3, -0.25) is 0 Å². The molecular weight excluding hydrogens is 243 g/mol. The van der Waals surface area contributed by atoms with E-state index >= 15 is 0 Å². The first-order valence-electron chi connectivity index (χ1n) is 3.50. The molecule has 0 bridgehead atoms. The molecule has 4 heteroatoms. The van der Waals surface area contributed by atoms with Crippen LogP contribution in [0, 0.1) is 0 Å². The molecule has 1 fully saturated rings. The highest BCUT2D eigenvalue weighted by Crippen LogP contribution is 2.15. The van der Waals surface area contributed by atoms with Gasteiger partial charge in [-0.15, -0.1) is 0 Å². The van der Waals surface area contributed by atoms with Crippen molar-refractivity contribution >= 4 is 22.9 Å². The van der Waals surface area contributed by atoms with Crippen LogP contribution in [0.5, 0.6) is 0 Å². The molecule has 3 nitrogen and oxygen atoms in total. The number of methoxy groups -OCH3 is 1. The van der Waals surface area contributed by atoms with Crippen LogP contribution in [-0.4, -0.2) is 31.3 Å². The van der Waals surface area contributed by atoms with E-state index in [4.69, 9.17) is 4.74 Å². The summed E-state index contributed by atoms with van der Waals surface area (Å²) < 4.78 is 8.19. The summed E-state index contributed by atoms with van der Waals surface area (Å²) in [7, 11) is 1.75. The topological polar surface area (TPSA) is 24.5 Å². The largest absolute Gasteiger partial charge is 0.383 e. The Bertz CT molecular complexity index is 102. The fourth-order valence-electron chi connectivity index (χ4n) is 1.31. The van der Waals surface area contributed by atoms with Crippen molar-refractivity contribution in [1.29, 1.82) is 0 Å². The van der Waals surface area contributed by atoms with Crippen LogP contribution in [0.3, 0.4) is 0 Å². The van der Waals surface area contributed by atoms with Gasteiger partial charge in [0.15, 0.2) is 0 Å². The Kier molecular flexibility index (Phi) is 3.90. The van der Waals surface area contributed by atoms with Crippen LogP contribution in [0.4, 0.5) is 0 Å². The summed E-state index contributed by atoms with van der Waals surface area (Å²) in [5, 5.41) is 2.23. The molecule has 1 atom stereocenters. The van der Waals surface area contributed by atoms with Crippen molar-refractivity contribution in [3.8, 4) is 0 Å². The monoisotopic (exact) mass is 256 g/mol. The molecule has 0 aromatic carbocycles. The maximum atomic E-state index is 5.07. The van der Waals surface area contributed by atoms with Crippen molar-refractivity contribution in [2.24, 2.45) is 0 Å². The zero-order chi connectivity index (χ0) is 7.40. The average molecular weight is 256 g/mol. The van der Waals surface area contributed by atoms with E-state index < -0.39 is 0 Å². The maximum Gasteiger partial charge on any atom is 0.0632 e. The van der Waals surface area contributed by atoms with Crippen LogP contribution in [0.25, 0.3) is 0 Å². The van der Waals surface area contributed by atoms with E-state index in [2.05, 4.69) is 31.5 Å². The van der Waals surface area contributed by atoms with Crippen LogP contribution in [-0.2, 0) is 4.74 Å². The Morgan fingerprint density at radius 3 is 3.20 bits per heavy atom. The Balaban J connectivity index is 2.27. The molecule has 0 aromatic rings. The lowest BCUT2D eigenvalue weighted by molar-refractivity contribution is 0.109. The quantitative estimate of drug-likeness (QED) is 0.601. The van der Waals surface area contributed by atoms with Gasteiger partial charge in [-0.25, -0.2) is 5.01 Å². The van der Waals surface area contributed by atoms with Crippen LogP contribution in [0.2, 0.25) is 0 Å². The second-order valence-electron chi connectivity index (χ2n) is 2.53. The fraction of sp³-hybridized carbons (Fsp3) is 1.00. The van der Waals surface area contributed by atoms with Gasteiger partial charge >= 0.3 is 0 Å². The van der Waals surface area contributed by atoms with E-state index in [-0.39, 0.29) is 0 Å². The van der Waals surface area contributed by atoms with E-state index in [1.165, 1.54) is 12.8 Å². The summed E-state index contributed by atoms with van der Waals surface area (Å²) in [6.07, 6.45) is 2.54. The van der Waals surface area contributed by atoms with E-state index in [1.807, 2.05) is 0 Å². The summed E-state index contributed by atoms with van der Waals surface area (Å²) in [6, 6.07) is 0.585. The Morgan fingerprint density at radius 2 is 2.60 bits per heavy atom. The van der Waals surface area contributed by atoms with Crippen LogP contribution >= 0.6 is 22.9 Å². The van der Waals surface area contributed by atoms with Crippen LogP contribution in [0.15, 0.2) is 0 Å². The van der Waals surface area contributed by atoms with Gasteiger partial charge in [-0.05, 0) is 12.8 Å². The predicted molar refractivity (Wildman–Crippen MR) is 48.8 cm³/mol. The van der Waals surface area contributed by atoms with Crippen molar-refractivity contribution < 1.29 is 4.74 Å². The number of halogens is 1. The highest BCUT2D eigenvalue weighted by Gasteiger charge is 2.22. The van der Waals surface area contributed by atoms with Crippen molar-refractivity contribution in [3.05, 3.63) is 0 Å². The minimum Gasteiger partial charge on any atom is -0.383 e. The van der Waals surface area contributed by atoms with Gasteiger partial charge in [0.1, 0.15) is 0 Å². The van der Waals surface area contributed by atoms with Crippen LogP contribution in [0.1, 0.15) is 12.8 Å². The minimum atomic E-state index is 0.585. The fourth-order valence-corrected chi connectivity index (χ4v) is 1.95. The Morgan fingerprint density at radius 1 is 1.80 bits per heavy atom. The Hall–Kier alpha value is 0.610. The lowest BCUT2D eigenvalue weighted by Gasteiger charge is -2.20. The molecule has 1 N–H and O–H groups in total. The second-order valence-corrected chi connectivity index (χ2v) is 3.01. The smallest absolute Gasteiger partial charge is 0.0632 e. The third-order valence-corrected chi connectivity index (χ3v) is 2.46. The lowest BCUT2D eigenvalue weighted by atomic mass is 10.2. The molecule has 10 heavy (non-hydrogen) atoms. The van der Waals surface area contributed by atoms with Crippen molar-refractivity contribution in [2.45, 2.75) is 18.9 Å². The van der Waals surface area contributed by atoms with Gasteiger partial charge in [0.05, 0.1) is 6.61 Å². The van der Waals surface area contributed by atoms with E-state index in [1.54, 1.807) is 7.11 Å². The zero-order valence-electron chi connectivity index (χ0n) is 6.14. The van der Waals surface area contributed by atoms with Crippen molar-refractivity contribution in [1.82, 2.24) is 8.65 Å². The van der Waals surface area contributed by atoms with Crippen molar-refractivity contribution in [2.75, 3.05) is 20.3 Å². The van der Waals surface area contributed by atoms with Gasteiger partial charge in [-0.2, -0.15) is 3.64 Å². The van der Waals surface area contributed by atoms with E-state index in [0.717, 1.165) is 13.2 Å². The summed E-state index contributed by atoms with van der Waals surface area (Å²) in [5.41, 5.74) is 0. The number of nitrogens with one attached hydrogen (secondary N) is 1. The summed E-state index contributed by atoms with van der Waals surface area (Å²) in [6.45, 7) is 1.99. The number of hydrogen-bond donors (Lipinski definition) is 1. The summed E-state index contributed by atoms with van der Waals surface area (Å²) >= 11 is 2.16. The first-order valence-corrected chi connectivity index (χ1v) is 4.58. The average Bonchev–Trinajstić information content (AvgIpc) is 2.36. The van der Waals surface area contributed by atoms with Crippen LogP contribution < -0.4 is 3.64 Å². The number of hydrogen-bond acceptors (Lipinski definition) is 3. The molecule has 60 valence electrons. The molecule has 1 heterocycles. The zero-order valence-corrected chi connectivity index (χ0v) is 8.30. The van der Waals surface area contributed by atoms with Gasteiger partial charge in [0, 0.05) is 42.6 Å². The molecule has 0 aliphatic carbocycles. The third kappa shape index (κ3) is 2.05. The van der Waals surface area contributed by atoms with Gasteiger partial charge in [-0.1, -0.05) is 0 Å². The van der Waals surface area contributed by atoms with Crippen molar-refractivity contribution in [3.63, 3.8) is 0 Å². The summed E-state index contributed by atoms with van der Waals surface area (Å²) in [4.78, 5) is 0. The molecule has 1 aliphatic heterocycles. The lowest BCUT2D eigenvalue weighted by Crippen LogP contribution is -2.38. The molecule has 1 rings (SSSR count). The number of nitrogens with zero attached hydrogens (tertiary/aromatic N) is 1. The maximum absolute atomic E-state index is 5.07. The second kappa shape index (κ2) is 4.48. The SMILES string of the molecule is COC[C@@H]1CCCN1NI. The first kappa shape index (κ1) is 8.70. The molecule has 0 aromatic heterocycles. The first-order chi connectivity index (χ1) is 4.88. The molecule has 0 amide bonds. The third-order valence-electron chi connectivity index (χ3n) is 1.84. The number of rotatable bonds is 3. The summed E-state index contributed by atoms with van der Waals surface area (Å²) in [5.74, 6) is 0. The molecule has 0 radical (unpaired) electrons. The van der Waals surface area contributed by atoms with Gasteiger partial charge in [0.25, 0.3) is 0 Å². The standard InChI is InChI=1S/C6H13IN2O/c1-10-5-6-3-2-4-9(6)8-7/h6,8H,2-5H2,1H3/t6-/m0/s1. The van der Waals surface area contributed by atoms with E-state index in [0.29, 0.717) is 6.04 Å².